The molecule has 158 valence electrons. The molecule has 0 spiro atoms. The van der Waals surface area contributed by atoms with Gasteiger partial charge in [0.25, 0.3) is 11.8 Å². The number of carbonyl (C=O) groups excluding carboxylic acids is 2. The minimum Gasteiger partial charge on any atom is -0.322 e. The van der Waals surface area contributed by atoms with Crippen LogP contribution in [0.3, 0.4) is 0 Å². The van der Waals surface area contributed by atoms with Crippen LogP contribution in [0.15, 0.2) is 78.9 Å². The van der Waals surface area contributed by atoms with Crippen molar-refractivity contribution in [2.24, 2.45) is 0 Å². The van der Waals surface area contributed by atoms with Gasteiger partial charge in [0.1, 0.15) is 0 Å². The van der Waals surface area contributed by atoms with Gasteiger partial charge < -0.3 is 10.6 Å². The van der Waals surface area contributed by atoms with E-state index in [0.717, 1.165) is 0 Å². The number of hydrogen-bond donors (Lipinski definition) is 2. The van der Waals surface area contributed by atoms with Crippen LogP contribution in [0.4, 0.5) is 17.1 Å². The molecule has 31 heavy (non-hydrogen) atoms. The number of nitrogens with one attached hydrogen (secondary N) is 2. The van der Waals surface area contributed by atoms with E-state index in [0.29, 0.717) is 41.2 Å². The molecule has 0 aliphatic carbocycles. The van der Waals surface area contributed by atoms with Gasteiger partial charge in [-0.2, -0.15) is 0 Å². The van der Waals surface area contributed by atoms with Gasteiger partial charge in [-0.15, -0.1) is 0 Å². The summed E-state index contributed by atoms with van der Waals surface area (Å²) in [5.74, 6) is -0.367. The van der Waals surface area contributed by atoms with E-state index in [9.17, 15) is 18.0 Å². The molecule has 0 radical (unpaired) electrons. The van der Waals surface area contributed by atoms with Crippen molar-refractivity contribution in [3.05, 3.63) is 90.0 Å². The van der Waals surface area contributed by atoms with Gasteiger partial charge in [0.05, 0.1) is 11.4 Å². The molecule has 0 bridgehead atoms. The highest BCUT2D eigenvalue weighted by Gasteiger charge is 2.28. The Balaban J connectivity index is 1.38. The van der Waals surface area contributed by atoms with Crippen molar-refractivity contribution in [3.8, 4) is 0 Å². The average molecular weight is 436 g/mol. The Kier molecular flexibility index (Phi) is 5.73. The highest BCUT2D eigenvalue weighted by molar-refractivity contribution is 7.93. The summed E-state index contributed by atoms with van der Waals surface area (Å²) in [6.07, 6.45) is 0.614. The highest BCUT2D eigenvalue weighted by atomic mass is 32.2. The maximum atomic E-state index is 12.5. The van der Waals surface area contributed by atoms with E-state index < -0.39 is 10.0 Å². The van der Waals surface area contributed by atoms with Gasteiger partial charge in [-0.25, -0.2) is 8.42 Å². The fourth-order valence-corrected chi connectivity index (χ4v) is 4.91. The topological polar surface area (TPSA) is 95.6 Å². The minimum absolute atomic E-state index is 0.160. The van der Waals surface area contributed by atoms with Crippen molar-refractivity contribution in [1.29, 1.82) is 0 Å². The average Bonchev–Trinajstić information content (AvgIpc) is 3.14. The zero-order valence-electron chi connectivity index (χ0n) is 16.6. The van der Waals surface area contributed by atoms with Gasteiger partial charge in [0.2, 0.25) is 10.0 Å². The smallest absolute Gasteiger partial charge is 0.255 e. The monoisotopic (exact) mass is 435 g/mol. The first-order valence-electron chi connectivity index (χ1n) is 9.81. The Morgan fingerprint density at radius 3 is 1.74 bits per heavy atom. The number of benzene rings is 3. The summed E-state index contributed by atoms with van der Waals surface area (Å²) in [5.41, 5.74) is 2.72. The second-order valence-electron chi connectivity index (χ2n) is 7.14. The Bertz CT molecular complexity index is 1190. The summed E-state index contributed by atoms with van der Waals surface area (Å²) >= 11 is 0. The van der Waals surface area contributed by atoms with Crippen molar-refractivity contribution in [1.82, 2.24) is 0 Å². The van der Waals surface area contributed by atoms with Crippen LogP contribution in [-0.4, -0.2) is 32.5 Å². The number of hydrogen-bond acceptors (Lipinski definition) is 4. The van der Waals surface area contributed by atoms with E-state index in [2.05, 4.69) is 10.6 Å². The molecular formula is C23H21N3O4S. The molecule has 2 N–H and O–H groups in total. The van der Waals surface area contributed by atoms with Gasteiger partial charge in [-0.1, -0.05) is 18.2 Å². The van der Waals surface area contributed by atoms with Crippen LogP contribution in [0.25, 0.3) is 0 Å². The van der Waals surface area contributed by atoms with Crippen LogP contribution < -0.4 is 14.9 Å². The summed E-state index contributed by atoms with van der Waals surface area (Å²) in [6.45, 7) is 0.473. The first kappa shape index (κ1) is 20.6. The summed E-state index contributed by atoms with van der Waals surface area (Å²) in [6, 6.07) is 22.2. The third-order valence-corrected chi connectivity index (χ3v) is 6.82. The molecule has 4 rings (SSSR count). The molecule has 3 aromatic rings. The Labute approximate surface area is 180 Å². The normalized spacial score (nSPS) is 14.8. The van der Waals surface area contributed by atoms with Gasteiger partial charge in [0, 0.05) is 29.0 Å². The molecule has 0 unspecified atom stereocenters. The van der Waals surface area contributed by atoms with Crippen LogP contribution in [0, 0.1) is 0 Å². The number of rotatable bonds is 5. The van der Waals surface area contributed by atoms with Crippen molar-refractivity contribution >= 4 is 38.9 Å². The van der Waals surface area contributed by atoms with Crippen molar-refractivity contribution in [2.45, 2.75) is 6.42 Å². The highest BCUT2D eigenvalue weighted by Crippen LogP contribution is 2.25. The summed E-state index contributed by atoms with van der Waals surface area (Å²) in [5, 5.41) is 5.58. The largest absolute Gasteiger partial charge is 0.322 e. The van der Waals surface area contributed by atoms with E-state index in [1.165, 1.54) is 4.31 Å². The van der Waals surface area contributed by atoms with E-state index in [1.54, 1.807) is 72.8 Å². The van der Waals surface area contributed by atoms with Crippen LogP contribution in [0.5, 0.6) is 0 Å². The molecule has 0 atom stereocenters. The van der Waals surface area contributed by atoms with Gasteiger partial charge >= 0.3 is 0 Å². The molecule has 7 nitrogen and oxygen atoms in total. The van der Waals surface area contributed by atoms with Gasteiger partial charge in [0.15, 0.2) is 0 Å². The van der Waals surface area contributed by atoms with E-state index in [4.69, 9.17) is 0 Å². The summed E-state index contributed by atoms with van der Waals surface area (Å²) < 4.78 is 25.4. The molecule has 1 aliphatic rings. The van der Waals surface area contributed by atoms with E-state index in [1.807, 2.05) is 6.07 Å². The maximum absolute atomic E-state index is 12.5. The lowest BCUT2D eigenvalue weighted by molar-refractivity contribution is 0.102. The number of nitrogens with zero attached hydrogens (tertiary/aromatic N) is 1. The van der Waals surface area contributed by atoms with E-state index >= 15 is 0 Å². The second-order valence-corrected chi connectivity index (χ2v) is 9.15. The summed E-state index contributed by atoms with van der Waals surface area (Å²) in [4.78, 5) is 24.7. The third-order valence-electron chi connectivity index (χ3n) is 4.95. The van der Waals surface area contributed by atoms with Crippen LogP contribution >= 0.6 is 0 Å². The van der Waals surface area contributed by atoms with Crippen molar-refractivity contribution < 1.29 is 18.0 Å². The SMILES string of the molecule is O=C(Nc1ccc(C(=O)Nc2ccc(N3CCCS3(=O)=O)cc2)cc1)c1ccccc1. The quantitative estimate of drug-likeness (QED) is 0.638. The molecule has 1 fully saturated rings. The third kappa shape index (κ3) is 4.75. The fourth-order valence-electron chi connectivity index (χ4n) is 3.34. The predicted molar refractivity (Wildman–Crippen MR) is 121 cm³/mol. The molecule has 1 saturated heterocycles. The number of sulfonamides is 1. The Morgan fingerprint density at radius 1 is 0.710 bits per heavy atom. The van der Waals surface area contributed by atoms with Crippen molar-refractivity contribution in [3.63, 3.8) is 0 Å². The molecule has 2 amide bonds. The lowest BCUT2D eigenvalue weighted by Gasteiger charge is -2.17. The Hall–Kier alpha value is -3.65. The van der Waals surface area contributed by atoms with E-state index in [-0.39, 0.29) is 17.6 Å². The fraction of sp³-hybridized carbons (Fsp3) is 0.130. The van der Waals surface area contributed by atoms with Crippen molar-refractivity contribution in [2.75, 3.05) is 27.2 Å². The number of amides is 2. The molecular weight excluding hydrogens is 414 g/mol. The van der Waals surface area contributed by atoms with Crippen LogP contribution in [0.1, 0.15) is 27.1 Å². The lowest BCUT2D eigenvalue weighted by atomic mass is 10.1. The maximum Gasteiger partial charge on any atom is 0.255 e. The van der Waals surface area contributed by atoms with Crippen LogP contribution in [0.2, 0.25) is 0 Å². The number of carbonyl (C=O) groups is 2. The molecule has 3 aromatic carbocycles. The lowest BCUT2D eigenvalue weighted by Crippen LogP contribution is -2.24. The molecule has 1 aliphatic heterocycles. The Morgan fingerprint density at radius 2 is 1.23 bits per heavy atom. The predicted octanol–water partition coefficient (Wildman–Crippen LogP) is 3.73. The molecule has 0 aromatic heterocycles. The molecule has 8 heteroatoms. The van der Waals surface area contributed by atoms with Gasteiger partial charge in [-0.05, 0) is 67.1 Å². The zero-order chi connectivity index (χ0) is 21.8. The first-order valence-corrected chi connectivity index (χ1v) is 11.4. The second kappa shape index (κ2) is 8.61. The first-order chi connectivity index (χ1) is 14.9. The number of anilines is 3. The molecule has 0 saturated carbocycles. The van der Waals surface area contributed by atoms with Crippen LogP contribution in [-0.2, 0) is 10.0 Å². The molecule has 1 heterocycles. The van der Waals surface area contributed by atoms with Gasteiger partial charge in [-0.3, -0.25) is 13.9 Å². The minimum atomic E-state index is -3.23. The summed E-state index contributed by atoms with van der Waals surface area (Å²) in [7, 11) is -3.23. The zero-order valence-corrected chi connectivity index (χ0v) is 17.4. The standard InChI is InChI=1S/C23H21N3O4S/c27-22(17-5-2-1-3-6-17)24-19-9-7-18(8-10-19)23(28)25-20-11-13-21(14-12-20)26-15-4-16-31(26,29)30/h1-3,5-14H,4,15-16H2,(H,24,27)(H,25,28).